The molecule has 0 aliphatic carbocycles. The van der Waals surface area contributed by atoms with Gasteiger partial charge in [0.2, 0.25) is 0 Å². The van der Waals surface area contributed by atoms with Crippen molar-refractivity contribution in [3.63, 3.8) is 0 Å². The smallest absolute Gasteiger partial charge is 0.149 e. The zero-order chi connectivity index (χ0) is 14.7. The van der Waals surface area contributed by atoms with E-state index in [1.54, 1.807) is 6.20 Å². The van der Waals surface area contributed by atoms with Gasteiger partial charge in [0, 0.05) is 23.4 Å². The maximum Gasteiger partial charge on any atom is 0.149 e. The van der Waals surface area contributed by atoms with E-state index in [0.717, 1.165) is 35.0 Å². The molecule has 2 N–H and O–H groups in total. The summed E-state index contributed by atoms with van der Waals surface area (Å²) in [5.41, 5.74) is 7.83. The highest BCUT2D eigenvalue weighted by molar-refractivity contribution is 6.31. The van der Waals surface area contributed by atoms with Crippen molar-refractivity contribution < 1.29 is 0 Å². The molecule has 1 unspecified atom stereocenters. The maximum atomic E-state index is 6.36. The normalized spacial score (nSPS) is 17.9. The molecule has 0 amide bonds. The van der Waals surface area contributed by atoms with E-state index in [2.05, 4.69) is 4.98 Å². The Bertz CT molecular complexity index is 642. The SMILES string of the molecule is NCCC1=NN(c2ccccn2)C(c2ccccc2Cl)C1. The van der Waals surface area contributed by atoms with Gasteiger partial charge in [-0.15, -0.1) is 0 Å². The van der Waals surface area contributed by atoms with Gasteiger partial charge >= 0.3 is 0 Å². The maximum absolute atomic E-state index is 6.36. The molecule has 0 radical (unpaired) electrons. The van der Waals surface area contributed by atoms with Crippen molar-refractivity contribution >= 4 is 23.1 Å². The van der Waals surface area contributed by atoms with Crippen LogP contribution in [-0.4, -0.2) is 17.2 Å². The van der Waals surface area contributed by atoms with Crippen LogP contribution in [0.5, 0.6) is 0 Å². The van der Waals surface area contributed by atoms with Gasteiger partial charge in [0.15, 0.2) is 0 Å². The highest BCUT2D eigenvalue weighted by Gasteiger charge is 2.30. The second kappa shape index (κ2) is 6.24. The zero-order valence-corrected chi connectivity index (χ0v) is 12.4. The predicted molar refractivity (Wildman–Crippen MR) is 86.6 cm³/mol. The molecule has 1 aliphatic heterocycles. The Morgan fingerprint density at radius 3 is 2.71 bits per heavy atom. The van der Waals surface area contributed by atoms with Gasteiger partial charge in [-0.1, -0.05) is 35.9 Å². The van der Waals surface area contributed by atoms with Gasteiger partial charge < -0.3 is 5.73 Å². The van der Waals surface area contributed by atoms with Crippen LogP contribution in [0.25, 0.3) is 0 Å². The lowest BCUT2D eigenvalue weighted by molar-refractivity contribution is 0.698. The lowest BCUT2D eigenvalue weighted by Gasteiger charge is -2.23. The Morgan fingerprint density at radius 1 is 1.19 bits per heavy atom. The third-order valence-electron chi connectivity index (χ3n) is 3.55. The molecule has 0 saturated carbocycles. The number of aromatic nitrogens is 1. The monoisotopic (exact) mass is 300 g/mol. The van der Waals surface area contributed by atoms with E-state index in [9.17, 15) is 0 Å². The minimum atomic E-state index is 0.0788. The van der Waals surface area contributed by atoms with Gasteiger partial charge in [-0.25, -0.2) is 9.99 Å². The molecule has 1 aromatic heterocycles. The molecule has 0 fully saturated rings. The minimum absolute atomic E-state index is 0.0788. The van der Waals surface area contributed by atoms with Gasteiger partial charge in [-0.3, -0.25) is 0 Å². The number of hydrazone groups is 1. The number of pyridine rings is 1. The number of rotatable bonds is 4. The van der Waals surface area contributed by atoms with Gasteiger partial charge in [-0.05, 0) is 36.7 Å². The molecule has 1 atom stereocenters. The Kier molecular flexibility index (Phi) is 4.18. The third kappa shape index (κ3) is 2.91. The number of nitrogens with zero attached hydrogens (tertiary/aromatic N) is 3. The number of benzene rings is 1. The topological polar surface area (TPSA) is 54.5 Å². The molecule has 2 heterocycles. The molecule has 108 valence electrons. The van der Waals surface area contributed by atoms with Crippen molar-refractivity contribution in [2.24, 2.45) is 10.8 Å². The van der Waals surface area contributed by atoms with Crippen LogP contribution < -0.4 is 10.7 Å². The lowest BCUT2D eigenvalue weighted by Crippen LogP contribution is -2.19. The molecule has 0 bridgehead atoms. The van der Waals surface area contributed by atoms with Gasteiger partial charge in [0.25, 0.3) is 0 Å². The van der Waals surface area contributed by atoms with Crippen LogP contribution >= 0.6 is 11.6 Å². The number of anilines is 1. The van der Waals surface area contributed by atoms with Crippen LogP contribution in [0.1, 0.15) is 24.4 Å². The van der Waals surface area contributed by atoms with Crippen molar-refractivity contribution in [2.45, 2.75) is 18.9 Å². The van der Waals surface area contributed by atoms with Gasteiger partial charge in [0.1, 0.15) is 5.82 Å². The fourth-order valence-corrected chi connectivity index (χ4v) is 2.84. The van der Waals surface area contributed by atoms with E-state index in [1.165, 1.54) is 0 Å². The summed E-state index contributed by atoms with van der Waals surface area (Å²) in [4.78, 5) is 4.41. The molecular weight excluding hydrogens is 284 g/mol. The first kappa shape index (κ1) is 14.0. The van der Waals surface area contributed by atoms with Crippen LogP contribution in [-0.2, 0) is 0 Å². The second-order valence-corrected chi connectivity index (χ2v) is 5.39. The summed E-state index contributed by atoms with van der Waals surface area (Å²) in [5, 5.41) is 7.40. The van der Waals surface area contributed by atoms with E-state index in [4.69, 9.17) is 22.4 Å². The first-order valence-corrected chi connectivity index (χ1v) is 7.38. The van der Waals surface area contributed by atoms with Crippen LogP contribution in [0.15, 0.2) is 53.8 Å². The van der Waals surface area contributed by atoms with E-state index in [0.29, 0.717) is 6.54 Å². The summed E-state index contributed by atoms with van der Waals surface area (Å²) < 4.78 is 0. The Balaban J connectivity index is 1.98. The molecule has 21 heavy (non-hydrogen) atoms. The average molecular weight is 301 g/mol. The summed E-state index contributed by atoms with van der Waals surface area (Å²) in [6.45, 7) is 0.601. The lowest BCUT2D eigenvalue weighted by atomic mass is 10.0. The predicted octanol–water partition coefficient (Wildman–Crippen LogP) is 3.39. The number of hydrogen-bond donors (Lipinski definition) is 1. The number of halogens is 1. The Morgan fingerprint density at radius 2 is 2.00 bits per heavy atom. The first-order chi connectivity index (χ1) is 10.3. The van der Waals surface area contributed by atoms with Crippen molar-refractivity contribution in [1.82, 2.24) is 4.98 Å². The molecule has 0 saturated heterocycles. The summed E-state index contributed by atoms with van der Waals surface area (Å²) in [7, 11) is 0. The molecule has 3 rings (SSSR count). The zero-order valence-electron chi connectivity index (χ0n) is 11.6. The summed E-state index contributed by atoms with van der Waals surface area (Å²) in [6.07, 6.45) is 3.40. The molecule has 0 spiro atoms. The van der Waals surface area contributed by atoms with Crippen molar-refractivity contribution in [1.29, 1.82) is 0 Å². The number of hydrogen-bond acceptors (Lipinski definition) is 4. The molecule has 4 nitrogen and oxygen atoms in total. The fourth-order valence-electron chi connectivity index (χ4n) is 2.58. The van der Waals surface area contributed by atoms with Crippen molar-refractivity contribution in [2.75, 3.05) is 11.6 Å². The third-order valence-corrected chi connectivity index (χ3v) is 3.90. The van der Waals surface area contributed by atoms with Crippen molar-refractivity contribution in [3.05, 3.63) is 59.2 Å². The van der Waals surface area contributed by atoms with Gasteiger partial charge in [0.05, 0.1) is 6.04 Å². The first-order valence-electron chi connectivity index (χ1n) is 7.00. The molecular formula is C16H17ClN4. The summed E-state index contributed by atoms with van der Waals surface area (Å²) in [6, 6.07) is 13.8. The van der Waals surface area contributed by atoms with Crippen molar-refractivity contribution in [3.8, 4) is 0 Å². The minimum Gasteiger partial charge on any atom is -0.330 e. The Hall–Kier alpha value is -1.91. The Labute approximate surface area is 129 Å². The van der Waals surface area contributed by atoms with E-state index >= 15 is 0 Å². The highest BCUT2D eigenvalue weighted by atomic mass is 35.5. The standard InChI is InChI=1S/C16H17ClN4/c17-14-6-2-1-5-13(14)15-11-12(8-9-18)20-21(15)16-7-3-4-10-19-16/h1-7,10,15H,8-9,11,18H2. The molecule has 1 aromatic carbocycles. The average Bonchev–Trinajstić information content (AvgIpc) is 2.93. The molecule has 2 aromatic rings. The van der Waals surface area contributed by atoms with Crippen LogP contribution in [0.4, 0.5) is 5.82 Å². The summed E-state index contributed by atoms with van der Waals surface area (Å²) >= 11 is 6.36. The molecule has 1 aliphatic rings. The largest absolute Gasteiger partial charge is 0.330 e. The van der Waals surface area contributed by atoms with Gasteiger partial charge in [-0.2, -0.15) is 5.10 Å². The fraction of sp³-hybridized carbons (Fsp3) is 0.250. The van der Waals surface area contributed by atoms with Crippen LogP contribution in [0.3, 0.4) is 0 Å². The highest BCUT2D eigenvalue weighted by Crippen LogP contribution is 2.37. The summed E-state index contributed by atoms with van der Waals surface area (Å²) in [5.74, 6) is 0.828. The quantitative estimate of drug-likeness (QED) is 0.941. The van der Waals surface area contributed by atoms with E-state index in [-0.39, 0.29) is 6.04 Å². The van der Waals surface area contributed by atoms with E-state index in [1.807, 2.05) is 47.5 Å². The second-order valence-electron chi connectivity index (χ2n) is 4.98. The van der Waals surface area contributed by atoms with Crippen LogP contribution in [0.2, 0.25) is 5.02 Å². The van der Waals surface area contributed by atoms with Crippen LogP contribution in [0, 0.1) is 0 Å². The molecule has 5 heteroatoms. The number of nitrogens with two attached hydrogens (primary N) is 1. The van der Waals surface area contributed by atoms with E-state index < -0.39 is 0 Å².